The first-order valence-electron chi connectivity index (χ1n) is 8.87. The lowest BCUT2D eigenvalue weighted by atomic mass is 9.45. The zero-order valence-electron chi connectivity index (χ0n) is 14.2. The highest BCUT2D eigenvalue weighted by atomic mass is 16.7. The lowest BCUT2D eigenvalue weighted by molar-refractivity contribution is -0.250. The number of amides is 1. The van der Waals surface area contributed by atoms with Crippen LogP contribution in [0.25, 0.3) is 0 Å². The molecule has 128 valence electrons. The van der Waals surface area contributed by atoms with E-state index in [-0.39, 0.29) is 17.2 Å². The molecule has 1 N–H and O–H groups in total. The second-order valence-corrected chi connectivity index (χ2v) is 7.25. The molecule has 2 saturated heterocycles. The van der Waals surface area contributed by atoms with E-state index in [0.717, 1.165) is 18.4 Å². The Hall–Kier alpha value is -1.65. The minimum absolute atomic E-state index is 0.0602. The van der Waals surface area contributed by atoms with Crippen LogP contribution in [0.4, 0.5) is 0 Å². The molecule has 1 aliphatic carbocycles. The van der Waals surface area contributed by atoms with Crippen LogP contribution < -0.4 is 5.32 Å². The summed E-state index contributed by atoms with van der Waals surface area (Å²) in [7, 11) is 0. The summed E-state index contributed by atoms with van der Waals surface area (Å²) in [6.07, 6.45) is 4.30. The number of hydrogen-bond acceptors (Lipinski definition) is 3. The van der Waals surface area contributed by atoms with E-state index in [2.05, 4.69) is 31.0 Å². The highest BCUT2D eigenvalue weighted by molar-refractivity contribution is 5.91. The first-order chi connectivity index (χ1) is 11.6. The van der Waals surface area contributed by atoms with Gasteiger partial charge in [-0.2, -0.15) is 0 Å². The van der Waals surface area contributed by atoms with Crippen LogP contribution in [-0.4, -0.2) is 31.5 Å². The molecule has 2 heterocycles. The van der Waals surface area contributed by atoms with Crippen LogP contribution in [0.5, 0.6) is 0 Å². The van der Waals surface area contributed by atoms with Crippen LogP contribution in [-0.2, 0) is 19.7 Å². The molecule has 4 nitrogen and oxygen atoms in total. The van der Waals surface area contributed by atoms with Crippen molar-refractivity contribution >= 4 is 5.91 Å². The number of benzene rings is 1. The van der Waals surface area contributed by atoms with Gasteiger partial charge in [0.05, 0.1) is 18.6 Å². The SMILES string of the molecule is C=C[C@@]12CCNC(=O)C1(c1ccccc1)CCC1(OCCO1)[C@H]2C. The topological polar surface area (TPSA) is 47.6 Å². The molecule has 4 rings (SSSR count). The molecular formula is C20H25NO3. The standard InChI is InChI=1S/C20H25NO3/c1-3-18-11-12-21-17(22)19(18,16-7-5-4-6-8-16)9-10-20(15(18)2)23-13-14-24-20/h3-8,15H,1,9-14H2,2H3,(H,21,22)/t15-,18-,19?/m0/s1. The molecule has 2 aliphatic heterocycles. The molecule has 0 bridgehead atoms. The summed E-state index contributed by atoms with van der Waals surface area (Å²) in [5.41, 5.74) is 0.0925. The Morgan fingerprint density at radius 3 is 2.54 bits per heavy atom. The van der Waals surface area contributed by atoms with Gasteiger partial charge in [-0.25, -0.2) is 0 Å². The van der Waals surface area contributed by atoms with Gasteiger partial charge in [0, 0.05) is 24.3 Å². The molecule has 24 heavy (non-hydrogen) atoms. The Labute approximate surface area is 143 Å². The third-order valence-corrected chi connectivity index (χ3v) is 6.69. The Balaban J connectivity index is 1.91. The molecule has 3 aliphatic rings. The number of allylic oxidation sites excluding steroid dienone is 1. The van der Waals surface area contributed by atoms with Gasteiger partial charge >= 0.3 is 0 Å². The second kappa shape index (κ2) is 5.43. The lowest BCUT2D eigenvalue weighted by Gasteiger charge is -2.61. The molecule has 1 aromatic carbocycles. The molecule has 1 amide bonds. The van der Waals surface area contributed by atoms with E-state index in [0.29, 0.717) is 26.2 Å². The molecule has 0 radical (unpaired) electrons. The summed E-state index contributed by atoms with van der Waals surface area (Å²) < 4.78 is 12.2. The van der Waals surface area contributed by atoms with Gasteiger partial charge in [-0.05, 0) is 18.4 Å². The average Bonchev–Trinajstić information content (AvgIpc) is 3.10. The number of ether oxygens (including phenoxy) is 2. The van der Waals surface area contributed by atoms with E-state index in [4.69, 9.17) is 9.47 Å². The second-order valence-electron chi connectivity index (χ2n) is 7.25. The quantitative estimate of drug-likeness (QED) is 0.850. The van der Waals surface area contributed by atoms with Gasteiger partial charge in [-0.3, -0.25) is 4.79 Å². The molecule has 1 saturated carbocycles. The number of fused-ring (bicyclic) bond motifs is 1. The number of nitrogens with one attached hydrogen (secondary N) is 1. The number of piperidine rings is 1. The van der Waals surface area contributed by atoms with Crippen molar-refractivity contribution in [2.24, 2.45) is 11.3 Å². The van der Waals surface area contributed by atoms with Gasteiger partial charge < -0.3 is 14.8 Å². The minimum Gasteiger partial charge on any atom is -0.355 e. The lowest BCUT2D eigenvalue weighted by Crippen LogP contribution is -2.69. The van der Waals surface area contributed by atoms with Crippen LogP contribution in [0.1, 0.15) is 31.7 Å². The van der Waals surface area contributed by atoms with Crippen molar-refractivity contribution < 1.29 is 14.3 Å². The van der Waals surface area contributed by atoms with Crippen molar-refractivity contribution in [3.63, 3.8) is 0 Å². The van der Waals surface area contributed by atoms with Gasteiger partial charge in [0.15, 0.2) is 5.79 Å². The number of carbonyl (C=O) groups excluding carboxylic acids is 1. The maximum Gasteiger partial charge on any atom is 0.231 e. The number of carbonyl (C=O) groups is 1. The molecule has 1 unspecified atom stereocenters. The molecule has 0 aromatic heterocycles. The molecule has 1 spiro atoms. The monoisotopic (exact) mass is 327 g/mol. The summed E-state index contributed by atoms with van der Waals surface area (Å²) in [5, 5.41) is 3.11. The molecule has 4 heteroatoms. The largest absolute Gasteiger partial charge is 0.355 e. The van der Waals surface area contributed by atoms with Crippen LogP contribution >= 0.6 is 0 Å². The minimum atomic E-state index is -0.603. The Kier molecular flexibility index (Phi) is 3.59. The number of hydrogen-bond donors (Lipinski definition) is 1. The van der Waals surface area contributed by atoms with Crippen molar-refractivity contribution in [3.8, 4) is 0 Å². The predicted molar refractivity (Wildman–Crippen MR) is 91.4 cm³/mol. The van der Waals surface area contributed by atoms with E-state index in [1.165, 1.54) is 0 Å². The third kappa shape index (κ3) is 1.78. The van der Waals surface area contributed by atoms with Crippen molar-refractivity contribution in [3.05, 3.63) is 48.6 Å². The summed E-state index contributed by atoms with van der Waals surface area (Å²) >= 11 is 0. The van der Waals surface area contributed by atoms with Crippen LogP contribution in [0.15, 0.2) is 43.0 Å². The van der Waals surface area contributed by atoms with Gasteiger partial charge in [0.2, 0.25) is 5.91 Å². The van der Waals surface area contributed by atoms with Crippen LogP contribution in [0.3, 0.4) is 0 Å². The van der Waals surface area contributed by atoms with Crippen LogP contribution in [0, 0.1) is 11.3 Å². The summed E-state index contributed by atoms with van der Waals surface area (Å²) in [5.74, 6) is -0.408. The fourth-order valence-electron chi connectivity index (χ4n) is 5.45. The van der Waals surface area contributed by atoms with Gasteiger partial charge in [0.1, 0.15) is 0 Å². The Morgan fingerprint density at radius 1 is 1.17 bits per heavy atom. The molecule has 3 atom stereocenters. The Morgan fingerprint density at radius 2 is 1.88 bits per heavy atom. The molecular weight excluding hydrogens is 302 g/mol. The summed E-state index contributed by atoms with van der Waals surface area (Å²) in [6.45, 7) is 8.27. The van der Waals surface area contributed by atoms with Crippen molar-refractivity contribution in [1.29, 1.82) is 0 Å². The fourth-order valence-corrected chi connectivity index (χ4v) is 5.45. The van der Waals surface area contributed by atoms with Crippen molar-refractivity contribution in [2.45, 2.75) is 37.4 Å². The predicted octanol–water partition coefficient (Wildman–Crippen LogP) is 2.79. The molecule has 3 fully saturated rings. The summed E-state index contributed by atoms with van der Waals surface area (Å²) in [4.78, 5) is 13.2. The van der Waals surface area contributed by atoms with Gasteiger partial charge in [-0.1, -0.05) is 43.3 Å². The Bertz CT molecular complexity index is 652. The zero-order valence-corrected chi connectivity index (χ0v) is 14.2. The normalized spacial score (nSPS) is 37.7. The smallest absolute Gasteiger partial charge is 0.231 e. The average molecular weight is 327 g/mol. The van der Waals surface area contributed by atoms with E-state index in [1.807, 2.05) is 24.3 Å². The number of rotatable bonds is 2. The maximum absolute atomic E-state index is 13.2. The van der Waals surface area contributed by atoms with Crippen molar-refractivity contribution in [2.75, 3.05) is 19.8 Å². The zero-order chi connectivity index (χ0) is 16.8. The molecule has 1 aromatic rings. The highest BCUT2D eigenvalue weighted by Gasteiger charge is 2.68. The van der Waals surface area contributed by atoms with E-state index in [1.54, 1.807) is 0 Å². The first-order valence-corrected chi connectivity index (χ1v) is 8.87. The van der Waals surface area contributed by atoms with Gasteiger partial charge in [0.25, 0.3) is 0 Å². The fraction of sp³-hybridized carbons (Fsp3) is 0.550. The summed E-state index contributed by atoms with van der Waals surface area (Å²) in [6, 6.07) is 10.2. The van der Waals surface area contributed by atoms with E-state index < -0.39 is 11.2 Å². The van der Waals surface area contributed by atoms with Gasteiger partial charge in [-0.15, -0.1) is 6.58 Å². The maximum atomic E-state index is 13.2. The van der Waals surface area contributed by atoms with Crippen molar-refractivity contribution in [1.82, 2.24) is 5.32 Å². The third-order valence-electron chi connectivity index (χ3n) is 6.69. The van der Waals surface area contributed by atoms with Crippen LogP contribution in [0.2, 0.25) is 0 Å². The van der Waals surface area contributed by atoms with E-state index >= 15 is 0 Å². The first kappa shape index (κ1) is 15.9. The van der Waals surface area contributed by atoms with E-state index in [9.17, 15) is 4.79 Å². The highest BCUT2D eigenvalue weighted by Crippen LogP contribution is 2.63.